The number of anilines is 2. The summed E-state index contributed by atoms with van der Waals surface area (Å²) in [7, 11) is 0. The van der Waals surface area contributed by atoms with E-state index in [0.29, 0.717) is 10.7 Å². The number of nitrogens with one attached hydrogen (secondary N) is 1. The molecular formula is C20H23ClN2O2. The number of benzene rings is 2. The number of para-hydroxylation sites is 1. The van der Waals surface area contributed by atoms with Gasteiger partial charge in [0.1, 0.15) is 0 Å². The lowest BCUT2D eigenvalue weighted by atomic mass is 10.0. The first-order chi connectivity index (χ1) is 11.8. The maximum absolute atomic E-state index is 12.4. The molecule has 2 aromatic carbocycles. The van der Waals surface area contributed by atoms with Gasteiger partial charge in [-0.15, -0.1) is 0 Å². The van der Waals surface area contributed by atoms with E-state index in [1.54, 1.807) is 18.2 Å². The summed E-state index contributed by atoms with van der Waals surface area (Å²) in [6.45, 7) is 7.72. The van der Waals surface area contributed by atoms with E-state index in [2.05, 4.69) is 5.32 Å². The SMILES string of the molecule is CC(=O)N(CCC(=O)Nc1c(C)cc(C)cc1C)c1ccccc1Cl. The van der Waals surface area contributed by atoms with Crippen LogP contribution < -0.4 is 10.2 Å². The van der Waals surface area contributed by atoms with Gasteiger partial charge < -0.3 is 10.2 Å². The number of carbonyl (C=O) groups is 2. The topological polar surface area (TPSA) is 49.4 Å². The van der Waals surface area contributed by atoms with Gasteiger partial charge in [-0.05, 0) is 44.0 Å². The van der Waals surface area contributed by atoms with Crippen LogP contribution in [0.3, 0.4) is 0 Å². The summed E-state index contributed by atoms with van der Waals surface area (Å²) < 4.78 is 0. The molecule has 0 radical (unpaired) electrons. The van der Waals surface area contributed by atoms with E-state index in [1.165, 1.54) is 11.8 Å². The molecule has 0 fully saturated rings. The normalized spacial score (nSPS) is 10.4. The first-order valence-electron chi connectivity index (χ1n) is 8.20. The van der Waals surface area contributed by atoms with Crippen LogP contribution in [0.5, 0.6) is 0 Å². The average Bonchev–Trinajstić information content (AvgIpc) is 2.52. The summed E-state index contributed by atoms with van der Waals surface area (Å²) >= 11 is 6.17. The average molecular weight is 359 g/mol. The standard InChI is InChI=1S/C20H23ClN2O2/c1-13-11-14(2)20(15(3)12-13)22-19(25)9-10-23(16(4)24)18-8-6-5-7-17(18)21/h5-8,11-12H,9-10H2,1-4H3,(H,22,25). The number of halogens is 1. The quantitative estimate of drug-likeness (QED) is 0.845. The molecule has 2 aromatic rings. The molecule has 25 heavy (non-hydrogen) atoms. The Bertz CT molecular complexity index is 779. The molecule has 0 bridgehead atoms. The zero-order valence-corrected chi connectivity index (χ0v) is 15.8. The van der Waals surface area contributed by atoms with Crippen molar-refractivity contribution in [2.45, 2.75) is 34.1 Å². The highest BCUT2D eigenvalue weighted by molar-refractivity contribution is 6.33. The molecule has 0 aliphatic heterocycles. The fraction of sp³-hybridized carbons (Fsp3) is 0.300. The third-order valence-electron chi connectivity index (χ3n) is 4.03. The van der Waals surface area contributed by atoms with Crippen molar-refractivity contribution in [1.29, 1.82) is 0 Å². The minimum Gasteiger partial charge on any atom is -0.326 e. The monoisotopic (exact) mass is 358 g/mol. The van der Waals surface area contributed by atoms with Gasteiger partial charge in [-0.3, -0.25) is 9.59 Å². The highest BCUT2D eigenvalue weighted by Gasteiger charge is 2.16. The predicted octanol–water partition coefficient (Wildman–Crippen LogP) is 4.65. The second kappa shape index (κ2) is 8.17. The molecule has 5 heteroatoms. The molecule has 0 aromatic heterocycles. The van der Waals surface area contributed by atoms with Crippen LogP contribution >= 0.6 is 11.6 Å². The van der Waals surface area contributed by atoms with E-state index in [4.69, 9.17) is 11.6 Å². The van der Waals surface area contributed by atoms with Gasteiger partial charge in [-0.1, -0.05) is 41.4 Å². The Kier molecular flexibility index (Phi) is 6.21. The highest BCUT2D eigenvalue weighted by Crippen LogP contribution is 2.26. The van der Waals surface area contributed by atoms with E-state index >= 15 is 0 Å². The number of hydrogen-bond acceptors (Lipinski definition) is 2. The van der Waals surface area contributed by atoms with Crippen molar-refractivity contribution in [3.63, 3.8) is 0 Å². The Hall–Kier alpha value is -2.33. The molecule has 4 nitrogen and oxygen atoms in total. The molecule has 1 N–H and O–H groups in total. The summed E-state index contributed by atoms with van der Waals surface area (Å²) in [5, 5.41) is 3.45. The smallest absolute Gasteiger partial charge is 0.226 e. The van der Waals surface area contributed by atoms with Gasteiger partial charge in [0.15, 0.2) is 0 Å². The lowest BCUT2D eigenvalue weighted by Gasteiger charge is -2.22. The zero-order valence-electron chi connectivity index (χ0n) is 15.0. The number of amides is 2. The Morgan fingerprint density at radius 2 is 1.68 bits per heavy atom. The lowest BCUT2D eigenvalue weighted by Crippen LogP contribution is -2.32. The van der Waals surface area contributed by atoms with Crippen LogP contribution in [0.15, 0.2) is 36.4 Å². The zero-order chi connectivity index (χ0) is 18.6. The molecular weight excluding hydrogens is 336 g/mol. The Morgan fingerprint density at radius 3 is 2.24 bits per heavy atom. The van der Waals surface area contributed by atoms with E-state index in [-0.39, 0.29) is 24.8 Å². The molecule has 2 amide bonds. The number of nitrogens with zero attached hydrogens (tertiary/aromatic N) is 1. The molecule has 132 valence electrons. The Balaban J connectivity index is 2.08. The van der Waals surface area contributed by atoms with Gasteiger partial charge in [-0.25, -0.2) is 0 Å². The van der Waals surface area contributed by atoms with Crippen molar-refractivity contribution in [1.82, 2.24) is 0 Å². The summed E-state index contributed by atoms with van der Waals surface area (Å²) in [5.74, 6) is -0.281. The number of hydrogen-bond donors (Lipinski definition) is 1. The van der Waals surface area contributed by atoms with Crippen LogP contribution in [0, 0.1) is 20.8 Å². The molecule has 2 rings (SSSR count). The van der Waals surface area contributed by atoms with Crippen LogP contribution in [-0.2, 0) is 9.59 Å². The second-order valence-electron chi connectivity index (χ2n) is 6.19. The van der Waals surface area contributed by atoms with Crippen LogP contribution in [0.2, 0.25) is 5.02 Å². The number of rotatable bonds is 5. The largest absolute Gasteiger partial charge is 0.326 e. The lowest BCUT2D eigenvalue weighted by molar-refractivity contribution is -0.117. The predicted molar refractivity (Wildman–Crippen MR) is 103 cm³/mol. The summed E-state index contributed by atoms with van der Waals surface area (Å²) in [5.41, 5.74) is 4.67. The number of carbonyl (C=O) groups excluding carboxylic acids is 2. The summed E-state index contributed by atoms with van der Waals surface area (Å²) in [4.78, 5) is 25.8. The minimum atomic E-state index is -0.149. The van der Waals surface area contributed by atoms with Crippen molar-refractivity contribution in [2.75, 3.05) is 16.8 Å². The van der Waals surface area contributed by atoms with Gasteiger partial charge in [0, 0.05) is 25.6 Å². The fourth-order valence-corrected chi connectivity index (χ4v) is 3.15. The van der Waals surface area contributed by atoms with Gasteiger partial charge in [-0.2, -0.15) is 0 Å². The van der Waals surface area contributed by atoms with E-state index in [0.717, 1.165) is 22.4 Å². The van der Waals surface area contributed by atoms with Gasteiger partial charge in [0.25, 0.3) is 0 Å². The molecule has 0 aliphatic rings. The third kappa shape index (κ3) is 4.83. The van der Waals surface area contributed by atoms with Crippen molar-refractivity contribution >= 4 is 34.8 Å². The van der Waals surface area contributed by atoms with Crippen molar-refractivity contribution in [2.24, 2.45) is 0 Å². The maximum Gasteiger partial charge on any atom is 0.226 e. The third-order valence-corrected chi connectivity index (χ3v) is 4.35. The second-order valence-corrected chi connectivity index (χ2v) is 6.60. The molecule has 0 unspecified atom stereocenters. The molecule has 0 saturated heterocycles. The summed E-state index contributed by atoms with van der Waals surface area (Å²) in [6, 6.07) is 11.2. The van der Waals surface area contributed by atoms with E-state index < -0.39 is 0 Å². The van der Waals surface area contributed by atoms with Crippen LogP contribution in [0.25, 0.3) is 0 Å². The Labute approximate surface area is 153 Å². The summed E-state index contributed by atoms with van der Waals surface area (Å²) in [6.07, 6.45) is 0.192. The van der Waals surface area contributed by atoms with Gasteiger partial charge >= 0.3 is 0 Å². The van der Waals surface area contributed by atoms with Gasteiger partial charge in [0.05, 0.1) is 10.7 Å². The van der Waals surface area contributed by atoms with Crippen LogP contribution in [0.4, 0.5) is 11.4 Å². The first kappa shape index (κ1) is 19.0. The minimum absolute atomic E-state index is 0.131. The van der Waals surface area contributed by atoms with E-state index in [9.17, 15) is 9.59 Å². The van der Waals surface area contributed by atoms with E-state index in [1.807, 2.05) is 39.0 Å². The fourth-order valence-electron chi connectivity index (χ4n) is 2.91. The van der Waals surface area contributed by atoms with Crippen LogP contribution in [-0.4, -0.2) is 18.4 Å². The maximum atomic E-state index is 12.4. The van der Waals surface area contributed by atoms with Crippen LogP contribution in [0.1, 0.15) is 30.0 Å². The Morgan fingerprint density at radius 1 is 1.08 bits per heavy atom. The molecule has 0 heterocycles. The first-order valence-corrected chi connectivity index (χ1v) is 8.57. The van der Waals surface area contributed by atoms with Crippen molar-refractivity contribution < 1.29 is 9.59 Å². The molecule has 0 atom stereocenters. The number of aryl methyl sites for hydroxylation is 3. The van der Waals surface area contributed by atoms with Gasteiger partial charge in [0.2, 0.25) is 11.8 Å². The van der Waals surface area contributed by atoms with Crippen molar-refractivity contribution in [3.8, 4) is 0 Å². The molecule has 0 saturated carbocycles. The molecule has 0 aliphatic carbocycles. The molecule has 0 spiro atoms. The van der Waals surface area contributed by atoms with Crippen molar-refractivity contribution in [3.05, 3.63) is 58.1 Å². The highest BCUT2D eigenvalue weighted by atomic mass is 35.5.